The zero-order chi connectivity index (χ0) is 14.9. The van der Waals surface area contributed by atoms with Gasteiger partial charge in [-0.1, -0.05) is 29.8 Å². The number of hydrogen-bond donors (Lipinski definition) is 2. The maximum absolute atomic E-state index is 11.8. The van der Waals surface area contributed by atoms with Gasteiger partial charge in [-0.2, -0.15) is 13.2 Å². The van der Waals surface area contributed by atoms with Crippen molar-refractivity contribution in [2.75, 3.05) is 30.8 Å². The minimum Gasteiger partial charge on any atom is -0.397 e. The second kappa shape index (κ2) is 9.03. The molecule has 0 aliphatic rings. The fraction of sp³-hybridized carbons (Fsp3) is 0.500. The van der Waals surface area contributed by atoms with Gasteiger partial charge in [-0.05, 0) is 18.2 Å². The predicted molar refractivity (Wildman–Crippen MR) is 75.3 cm³/mol. The summed E-state index contributed by atoms with van der Waals surface area (Å²) < 4.78 is 40.5. The van der Waals surface area contributed by atoms with Crippen LogP contribution in [0.2, 0.25) is 0 Å². The largest absolute Gasteiger partial charge is 0.411 e. The molecule has 0 saturated carbocycles. The molecule has 3 N–H and O–H groups in total. The zero-order valence-electron chi connectivity index (χ0n) is 10.9. The van der Waals surface area contributed by atoms with Crippen LogP contribution in [0.5, 0.6) is 0 Å². The molecule has 1 aromatic rings. The first-order valence-corrected chi connectivity index (χ1v) is 6.61. The van der Waals surface area contributed by atoms with Gasteiger partial charge in [0.2, 0.25) is 0 Å². The molecule has 0 amide bonds. The number of anilines is 2. The molecule has 0 spiro atoms. The molecule has 0 saturated heterocycles. The molecule has 3 nitrogen and oxygen atoms in total. The Balaban J connectivity index is 0.00000154. The van der Waals surface area contributed by atoms with Crippen LogP contribution in [0.4, 0.5) is 24.5 Å². The van der Waals surface area contributed by atoms with Gasteiger partial charge in [-0.25, -0.2) is 0 Å². The minimum absolute atomic E-state index is 0.0362. The molecule has 0 atom stereocenters. The summed E-state index contributed by atoms with van der Waals surface area (Å²) in [6.45, 7) is 2.99. The van der Waals surface area contributed by atoms with Crippen molar-refractivity contribution in [3.8, 4) is 0 Å². The Morgan fingerprint density at radius 1 is 1.32 bits per heavy atom. The van der Waals surface area contributed by atoms with E-state index in [0.29, 0.717) is 11.4 Å². The molecule has 0 bridgehead atoms. The van der Waals surface area contributed by atoms with Gasteiger partial charge < -0.3 is 15.8 Å². The zero-order valence-corrected chi connectivity index (χ0v) is 12.4. The van der Waals surface area contributed by atoms with E-state index in [1.165, 1.54) is 0 Å². The van der Waals surface area contributed by atoms with Crippen LogP contribution in [-0.2, 0) is 4.74 Å². The van der Waals surface area contributed by atoms with Crippen molar-refractivity contribution >= 4 is 27.3 Å². The third-order valence-electron chi connectivity index (χ3n) is 1.84. The normalized spacial score (nSPS) is 10.6. The first-order chi connectivity index (χ1) is 8.88. The molecule has 0 aliphatic heterocycles. The summed E-state index contributed by atoms with van der Waals surface area (Å²) in [7, 11) is 0. The van der Waals surface area contributed by atoms with Gasteiger partial charge in [0.05, 0.1) is 18.0 Å². The first-order valence-electron chi connectivity index (χ1n) is 5.82. The van der Waals surface area contributed by atoms with Crippen LogP contribution < -0.4 is 11.1 Å². The molecular formula is C12H18BrF3N2O. The molecule has 0 unspecified atom stereocenters. The Morgan fingerprint density at radius 3 is 2.53 bits per heavy atom. The van der Waals surface area contributed by atoms with Crippen LogP contribution in [0.15, 0.2) is 22.7 Å². The van der Waals surface area contributed by atoms with Gasteiger partial charge in [0, 0.05) is 11.0 Å². The van der Waals surface area contributed by atoms with Gasteiger partial charge >= 0.3 is 6.18 Å². The molecule has 0 fully saturated rings. The van der Waals surface area contributed by atoms with E-state index in [2.05, 4.69) is 26.0 Å². The van der Waals surface area contributed by atoms with E-state index < -0.39 is 12.8 Å². The van der Waals surface area contributed by atoms with Crippen molar-refractivity contribution in [2.24, 2.45) is 0 Å². The summed E-state index contributed by atoms with van der Waals surface area (Å²) in [4.78, 5) is 0. The minimum atomic E-state index is -4.28. The van der Waals surface area contributed by atoms with E-state index in [1.54, 1.807) is 18.2 Å². The number of hydrogen-bond acceptors (Lipinski definition) is 3. The smallest absolute Gasteiger partial charge is 0.397 e. The van der Waals surface area contributed by atoms with E-state index in [-0.39, 0.29) is 13.2 Å². The standard InChI is InChI=1S/C10H12BrF3N2O.C2H6/c11-7-1-2-8(15)9(5-7)16-3-4-17-6-10(12,13)14;1-2/h1-2,5,16H,3-4,6,15H2;1-2H3. The monoisotopic (exact) mass is 342 g/mol. The van der Waals surface area contributed by atoms with Crippen molar-refractivity contribution in [1.82, 2.24) is 0 Å². The maximum atomic E-state index is 11.8. The van der Waals surface area contributed by atoms with E-state index >= 15 is 0 Å². The molecule has 0 aliphatic carbocycles. The number of nitrogen functional groups attached to an aromatic ring is 1. The van der Waals surface area contributed by atoms with Gasteiger partial charge in [-0.15, -0.1) is 0 Å². The molecule has 19 heavy (non-hydrogen) atoms. The molecule has 0 aromatic heterocycles. The molecule has 110 valence electrons. The summed E-state index contributed by atoms with van der Waals surface area (Å²) >= 11 is 3.27. The highest BCUT2D eigenvalue weighted by Gasteiger charge is 2.27. The topological polar surface area (TPSA) is 47.3 Å². The summed E-state index contributed by atoms with van der Waals surface area (Å²) in [6, 6.07) is 5.22. The highest BCUT2D eigenvalue weighted by Crippen LogP contribution is 2.22. The van der Waals surface area contributed by atoms with E-state index in [4.69, 9.17) is 5.73 Å². The van der Waals surface area contributed by atoms with E-state index in [1.807, 2.05) is 13.8 Å². The highest BCUT2D eigenvalue weighted by atomic mass is 79.9. The Kier molecular flexibility index (Phi) is 8.58. The van der Waals surface area contributed by atoms with Crippen LogP contribution in [0.3, 0.4) is 0 Å². The molecular weight excluding hydrogens is 325 g/mol. The Bertz CT molecular complexity index is 372. The van der Waals surface area contributed by atoms with E-state index in [0.717, 1.165) is 4.47 Å². The molecule has 1 rings (SSSR count). The van der Waals surface area contributed by atoms with Crippen molar-refractivity contribution < 1.29 is 17.9 Å². The SMILES string of the molecule is CC.Nc1ccc(Br)cc1NCCOCC(F)(F)F. The van der Waals surface area contributed by atoms with Gasteiger partial charge in [0.1, 0.15) is 6.61 Å². The van der Waals surface area contributed by atoms with Crippen molar-refractivity contribution in [1.29, 1.82) is 0 Å². The number of nitrogens with one attached hydrogen (secondary N) is 1. The third kappa shape index (κ3) is 8.72. The van der Waals surface area contributed by atoms with Crippen LogP contribution in [-0.4, -0.2) is 25.9 Å². The Labute approximate surface area is 119 Å². The lowest BCUT2D eigenvalue weighted by Crippen LogP contribution is -2.20. The first kappa shape index (κ1) is 18.0. The molecule has 0 heterocycles. The number of alkyl halides is 3. The Hall–Kier alpha value is -0.950. The van der Waals surface area contributed by atoms with Crippen LogP contribution in [0, 0.1) is 0 Å². The fourth-order valence-electron chi connectivity index (χ4n) is 1.13. The molecule has 1 aromatic carbocycles. The van der Waals surface area contributed by atoms with Crippen LogP contribution in [0.25, 0.3) is 0 Å². The quantitative estimate of drug-likeness (QED) is 0.626. The van der Waals surface area contributed by atoms with Gasteiger partial charge in [0.25, 0.3) is 0 Å². The van der Waals surface area contributed by atoms with E-state index in [9.17, 15) is 13.2 Å². The average Bonchev–Trinajstić information content (AvgIpc) is 2.34. The predicted octanol–water partition coefficient (Wildman–Crippen LogP) is 4.05. The van der Waals surface area contributed by atoms with Crippen LogP contribution in [0.1, 0.15) is 13.8 Å². The number of benzene rings is 1. The summed E-state index contributed by atoms with van der Waals surface area (Å²) in [6.07, 6.45) is -4.28. The summed E-state index contributed by atoms with van der Waals surface area (Å²) in [5, 5.41) is 2.89. The highest BCUT2D eigenvalue weighted by molar-refractivity contribution is 9.10. The van der Waals surface area contributed by atoms with Crippen molar-refractivity contribution in [3.63, 3.8) is 0 Å². The average molecular weight is 343 g/mol. The van der Waals surface area contributed by atoms with Gasteiger partial charge in [0.15, 0.2) is 0 Å². The van der Waals surface area contributed by atoms with Crippen molar-refractivity contribution in [3.05, 3.63) is 22.7 Å². The second-order valence-electron chi connectivity index (χ2n) is 3.33. The van der Waals surface area contributed by atoms with Crippen LogP contribution >= 0.6 is 15.9 Å². The number of nitrogens with two attached hydrogens (primary N) is 1. The third-order valence-corrected chi connectivity index (χ3v) is 2.34. The van der Waals surface area contributed by atoms with Crippen molar-refractivity contribution in [2.45, 2.75) is 20.0 Å². The number of rotatable bonds is 5. The lowest BCUT2D eigenvalue weighted by atomic mass is 10.3. The van der Waals surface area contributed by atoms with Gasteiger partial charge in [-0.3, -0.25) is 0 Å². The second-order valence-corrected chi connectivity index (χ2v) is 4.24. The maximum Gasteiger partial charge on any atom is 0.411 e. The summed E-state index contributed by atoms with van der Waals surface area (Å²) in [5.41, 5.74) is 6.86. The Morgan fingerprint density at radius 2 is 1.95 bits per heavy atom. The lowest BCUT2D eigenvalue weighted by molar-refractivity contribution is -0.172. The molecule has 7 heteroatoms. The number of halogens is 4. The molecule has 0 radical (unpaired) electrons. The summed E-state index contributed by atoms with van der Waals surface area (Å²) in [5.74, 6) is 0. The lowest BCUT2D eigenvalue weighted by Gasteiger charge is -2.11. The fourth-order valence-corrected chi connectivity index (χ4v) is 1.49. The number of ether oxygens (including phenoxy) is 1.